The molecule has 3 aromatic rings. The molecule has 8 nitrogen and oxygen atoms in total. The molecule has 0 bridgehead atoms. The molecule has 1 saturated heterocycles. The molecule has 0 saturated carbocycles. The topological polar surface area (TPSA) is 76.9 Å². The van der Waals surface area contributed by atoms with Gasteiger partial charge in [0.15, 0.2) is 11.5 Å². The average Bonchev–Trinajstić information content (AvgIpc) is 3.20. The number of hydrogen-bond acceptors (Lipinski definition) is 6. The van der Waals surface area contributed by atoms with E-state index in [1.54, 1.807) is 18.2 Å². The van der Waals surface area contributed by atoms with Gasteiger partial charge in [-0.1, -0.05) is 12.5 Å². The zero-order valence-electron chi connectivity index (χ0n) is 19.2. The van der Waals surface area contributed by atoms with Crippen LogP contribution in [0.3, 0.4) is 0 Å². The Morgan fingerprint density at radius 1 is 0.912 bits per heavy atom. The number of piperazine rings is 1. The number of fused-ring (bicyclic) bond motifs is 3. The van der Waals surface area contributed by atoms with E-state index in [0.29, 0.717) is 29.6 Å². The molecule has 0 N–H and O–H groups in total. The summed E-state index contributed by atoms with van der Waals surface area (Å²) in [7, 11) is 0. The zero-order valence-corrected chi connectivity index (χ0v) is 19.2. The van der Waals surface area contributed by atoms with E-state index >= 15 is 0 Å². The van der Waals surface area contributed by atoms with E-state index < -0.39 is 0 Å². The van der Waals surface area contributed by atoms with E-state index in [9.17, 15) is 9.59 Å². The Labute approximate surface area is 197 Å². The van der Waals surface area contributed by atoms with Crippen molar-refractivity contribution in [3.63, 3.8) is 0 Å². The fourth-order valence-corrected chi connectivity index (χ4v) is 5.14. The summed E-state index contributed by atoms with van der Waals surface area (Å²) in [4.78, 5) is 35.2. The van der Waals surface area contributed by atoms with E-state index in [1.807, 2.05) is 21.6 Å². The van der Waals surface area contributed by atoms with E-state index in [-0.39, 0.29) is 18.3 Å². The molecule has 8 heteroatoms. The number of ether oxygens (including phenoxy) is 2. The first-order valence-corrected chi connectivity index (χ1v) is 12.1. The highest BCUT2D eigenvalue weighted by atomic mass is 16.7. The Morgan fingerprint density at radius 3 is 2.65 bits per heavy atom. The fourth-order valence-electron chi connectivity index (χ4n) is 5.14. The van der Waals surface area contributed by atoms with Gasteiger partial charge in [0, 0.05) is 51.3 Å². The molecule has 34 heavy (non-hydrogen) atoms. The van der Waals surface area contributed by atoms with Gasteiger partial charge < -0.3 is 14.4 Å². The molecule has 6 rings (SSSR count). The van der Waals surface area contributed by atoms with Crippen LogP contribution in [-0.2, 0) is 19.5 Å². The quantitative estimate of drug-likeness (QED) is 0.598. The van der Waals surface area contributed by atoms with Gasteiger partial charge in [0.2, 0.25) is 6.79 Å². The van der Waals surface area contributed by atoms with Crippen molar-refractivity contribution in [3.05, 3.63) is 63.7 Å². The lowest BCUT2D eigenvalue weighted by atomic mass is 10.1. The summed E-state index contributed by atoms with van der Waals surface area (Å²) in [6, 6.07) is 11.4. The SMILES string of the molecule is O=C(c1ccc2c(=O)n3c(nc2c1)CCCCC3)N1CCN(Cc2ccc3c(c2)OCO3)CC1. The minimum atomic E-state index is 0.00137. The highest BCUT2D eigenvalue weighted by Crippen LogP contribution is 2.33. The molecule has 4 heterocycles. The van der Waals surface area contributed by atoms with Crippen LogP contribution in [0.4, 0.5) is 0 Å². The van der Waals surface area contributed by atoms with Crippen LogP contribution >= 0.6 is 0 Å². The van der Waals surface area contributed by atoms with E-state index in [4.69, 9.17) is 14.5 Å². The second kappa shape index (κ2) is 8.76. The third kappa shape index (κ3) is 3.92. The highest BCUT2D eigenvalue weighted by Gasteiger charge is 2.24. The molecule has 0 spiro atoms. The Bertz CT molecular complexity index is 1310. The van der Waals surface area contributed by atoms with Crippen molar-refractivity contribution in [3.8, 4) is 11.5 Å². The third-order valence-corrected chi connectivity index (χ3v) is 7.07. The molecule has 3 aliphatic rings. The number of carbonyl (C=O) groups is 1. The predicted molar refractivity (Wildman–Crippen MR) is 127 cm³/mol. The van der Waals surface area contributed by atoms with Crippen LogP contribution < -0.4 is 15.0 Å². The van der Waals surface area contributed by atoms with Crippen molar-refractivity contribution >= 4 is 16.8 Å². The van der Waals surface area contributed by atoms with Crippen LogP contribution in [0.15, 0.2) is 41.2 Å². The Balaban J connectivity index is 1.14. The molecule has 1 fully saturated rings. The van der Waals surface area contributed by atoms with Crippen LogP contribution in [0.2, 0.25) is 0 Å². The molecular weight excluding hydrogens is 432 g/mol. The van der Waals surface area contributed by atoms with Gasteiger partial charge in [-0.3, -0.25) is 19.1 Å². The van der Waals surface area contributed by atoms with E-state index in [0.717, 1.165) is 69.2 Å². The Morgan fingerprint density at radius 2 is 1.76 bits per heavy atom. The standard InChI is InChI=1S/C26H28N4O4/c31-25(19-6-7-20-21(15-19)27-24-4-2-1-3-9-30(24)26(20)32)29-12-10-28(11-13-29)16-18-5-8-22-23(14-18)34-17-33-22/h5-8,14-15H,1-4,9-13,16-17H2. The summed E-state index contributed by atoms with van der Waals surface area (Å²) in [5, 5.41) is 0.593. The Kier molecular flexibility index (Phi) is 5.45. The van der Waals surface area contributed by atoms with Crippen molar-refractivity contribution in [1.82, 2.24) is 19.4 Å². The summed E-state index contributed by atoms with van der Waals surface area (Å²) >= 11 is 0. The molecule has 0 unspecified atom stereocenters. The second-order valence-electron chi connectivity index (χ2n) is 9.28. The number of amides is 1. The number of aryl methyl sites for hydroxylation is 1. The number of carbonyl (C=O) groups excluding carboxylic acids is 1. The number of benzene rings is 2. The van der Waals surface area contributed by atoms with Gasteiger partial charge in [0.1, 0.15) is 5.82 Å². The van der Waals surface area contributed by atoms with Gasteiger partial charge in [-0.2, -0.15) is 0 Å². The maximum absolute atomic E-state index is 13.2. The summed E-state index contributed by atoms with van der Waals surface area (Å²) in [6.07, 6.45) is 3.99. The van der Waals surface area contributed by atoms with Crippen LogP contribution in [0.25, 0.3) is 10.9 Å². The summed E-state index contributed by atoms with van der Waals surface area (Å²) in [5.74, 6) is 2.44. The largest absolute Gasteiger partial charge is 0.454 e. The summed E-state index contributed by atoms with van der Waals surface area (Å²) < 4.78 is 12.7. The van der Waals surface area contributed by atoms with Gasteiger partial charge in [-0.15, -0.1) is 0 Å². The first-order valence-electron chi connectivity index (χ1n) is 12.1. The monoisotopic (exact) mass is 460 g/mol. The molecule has 3 aliphatic heterocycles. The minimum Gasteiger partial charge on any atom is -0.454 e. The number of rotatable bonds is 3. The first kappa shape index (κ1) is 21.2. The number of hydrogen-bond donors (Lipinski definition) is 0. The van der Waals surface area contributed by atoms with Crippen molar-refractivity contribution in [1.29, 1.82) is 0 Å². The lowest BCUT2D eigenvalue weighted by Gasteiger charge is -2.34. The molecule has 176 valence electrons. The van der Waals surface area contributed by atoms with E-state index in [1.165, 1.54) is 5.56 Å². The lowest BCUT2D eigenvalue weighted by Crippen LogP contribution is -2.48. The average molecular weight is 461 g/mol. The van der Waals surface area contributed by atoms with Crippen LogP contribution in [-0.4, -0.2) is 58.2 Å². The van der Waals surface area contributed by atoms with Crippen molar-refractivity contribution in [2.45, 2.75) is 38.8 Å². The molecule has 1 aromatic heterocycles. The van der Waals surface area contributed by atoms with Crippen molar-refractivity contribution < 1.29 is 14.3 Å². The summed E-state index contributed by atoms with van der Waals surface area (Å²) in [6.45, 7) is 4.77. The minimum absolute atomic E-state index is 0.00137. The molecular formula is C26H28N4O4. The lowest BCUT2D eigenvalue weighted by molar-refractivity contribution is 0.0628. The van der Waals surface area contributed by atoms with Crippen LogP contribution in [0, 0.1) is 0 Å². The van der Waals surface area contributed by atoms with Gasteiger partial charge in [-0.25, -0.2) is 4.98 Å². The van der Waals surface area contributed by atoms with Gasteiger partial charge in [-0.05, 0) is 48.7 Å². The second-order valence-corrected chi connectivity index (χ2v) is 9.28. The van der Waals surface area contributed by atoms with Crippen molar-refractivity contribution in [2.75, 3.05) is 33.0 Å². The van der Waals surface area contributed by atoms with Gasteiger partial charge in [0.25, 0.3) is 11.5 Å². The Hall–Kier alpha value is -3.39. The highest BCUT2D eigenvalue weighted by molar-refractivity contribution is 5.97. The summed E-state index contributed by atoms with van der Waals surface area (Å²) in [5.41, 5.74) is 2.42. The van der Waals surface area contributed by atoms with E-state index in [2.05, 4.69) is 11.0 Å². The zero-order chi connectivity index (χ0) is 23.1. The van der Waals surface area contributed by atoms with Gasteiger partial charge >= 0.3 is 0 Å². The number of nitrogens with zero attached hydrogens (tertiary/aromatic N) is 4. The molecule has 0 radical (unpaired) electrons. The molecule has 2 aromatic carbocycles. The molecule has 0 atom stereocenters. The third-order valence-electron chi connectivity index (χ3n) is 7.07. The fraction of sp³-hybridized carbons (Fsp3) is 0.423. The first-order chi connectivity index (χ1) is 16.7. The molecule has 1 amide bonds. The predicted octanol–water partition coefficient (Wildman–Crippen LogP) is 2.81. The molecule has 0 aliphatic carbocycles. The normalized spacial score (nSPS) is 18.1. The maximum atomic E-state index is 13.2. The van der Waals surface area contributed by atoms with Crippen molar-refractivity contribution in [2.24, 2.45) is 0 Å². The van der Waals surface area contributed by atoms with Crippen LogP contribution in [0.1, 0.15) is 41.0 Å². The smallest absolute Gasteiger partial charge is 0.261 e. The van der Waals surface area contributed by atoms with Gasteiger partial charge in [0.05, 0.1) is 10.9 Å². The number of aromatic nitrogens is 2. The van der Waals surface area contributed by atoms with Crippen LogP contribution in [0.5, 0.6) is 11.5 Å². The maximum Gasteiger partial charge on any atom is 0.261 e.